The monoisotopic (exact) mass is 166 g/mol. The molecular weight excluding hydrogens is 156 g/mol. The largest absolute Gasteiger partial charge is 0.420 e. The van der Waals surface area contributed by atoms with Crippen LogP contribution in [0.4, 0.5) is 0 Å². The van der Waals surface area contributed by atoms with Crippen LogP contribution >= 0.6 is 0 Å². The highest BCUT2D eigenvalue weighted by atomic mass is 16.5. The standard InChI is InChI=1S/C8H10N2O2/c1-4-8(11)12-7-5-10(3)9-6(7)2/h4-5H,1H2,2-3H3. The molecule has 1 rings (SSSR count). The summed E-state index contributed by atoms with van der Waals surface area (Å²) in [4.78, 5) is 10.8. The van der Waals surface area contributed by atoms with E-state index < -0.39 is 5.97 Å². The van der Waals surface area contributed by atoms with Crippen molar-refractivity contribution in [1.29, 1.82) is 0 Å². The van der Waals surface area contributed by atoms with Crippen molar-refractivity contribution >= 4 is 5.97 Å². The molecule has 0 spiro atoms. The third kappa shape index (κ3) is 1.72. The van der Waals surface area contributed by atoms with Crippen molar-refractivity contribution in [2.45, 2.75) is 6.92 Å². The molecule has 1 aromatic rings. The maximum Gasteiger partial charge on any atom is 0.335 e. The average molecular weight is 166 g/mol. The summed E-state index contributed by atoms with van der Waals surface area (Å²) in [6, 6.07) is 0. The zero-order chi connectivity index (χ0) is 9.14. The van der Waals surface area contributed by atoms with E-state index in [-0.39, 0.29) is 0 Å². The van der Waals surface area contributed by atoms with Gasteiger partial charge in [-0.05, 0) is 6.92 Å². The molecule has 12 heavy (non-hydrogen) atoms. The number of carbonyl (C=O) groups excluding carboxylic acids is 1. The molecule has 0 fully saturated rings. The molecule has 0 unspecified atom stereocenters. The number of hydrogen-bond donors (Lipinski definition) is 0. The minimum atomic E-state index is -0.467. The van der Waals surface area contributed by atoms with Crippen LogP contribution in [0.25, 0.3) is 0 Å². The molecule has 64 valence electrons. The number of aromatic nitrogens is 2. The molecule has 0 aliphatic heterocycles. The van der Waals surface area contributed by atoms with Crippen molar-refractivity contribution in [3.63, 3.8) is 0 Å². The fourth-order valence-electron chi connectivity index (χ4n) is 0.828. The van der Waals surface area contributed by atoms with Gasteiger partial charge in [-0.1, -0.05) is 6.58 Å². The molecule has 0 aliphatic rings. The third-order valence-corrected chi connectivity index (χ3v) is 1.35. The summed E-state index contributed by atoms with van der Waals surface area (Å²) in [6.45, 7) is 5.06. The first-order valence-corrected chi connectivity index (χ1v) is 3.48. The molecular formula is C8H10N2O2. The van der Waals surface area contributed by atoms with Crippen molar-refractivity contribution in [1.82, 2.24) is 9.78 Å². The predicted molar refractivity (Wildman–Crippen MR) is 43.8 cm³/mol. The molecule has 1 aromatic heterocycles. The summed E-state index contributed by atoms with van der Waals surface area (Å²) in [5.74, 6) is 0.00787. The summed E-state index contributed by atoms with van der Waals surface area (Å²) in [7, 11) is 1.76. The second-order valence-corrected chi connectivity index (χ2v) is 2.38. The van der Waals surface area contributed by atoms with Gasteiger partial charge in [-0.15, -0.1) is 0 Å². The van der Waals surface area contributed by atoms with E-state index in [9.17, 15) is 4.79 Å². The Morgan fingerprint density at radius 1 is 1.83 bits per heavy atom. The zero-order valence-corrected chi connectivity index (χ0v) is 7.07. The molecule has 0 saturated carbocycles. The molecule has 0 aromatic carbocycles. The van der Waals surface area contributed by atoms with Crippen molar-refractivity contribution in [3.8, 4) is 5.75 Å². The Kier molecular flexibility index (Phi) is 2.28. The molecule has 0 bridgehead atoms. The summed E-state index contributed by atoms with van der Waals surface area (Å²) in [5, 5.41) is 4.00. The summed E-state index contributed by atoms with van der Waals surface area (Å²) in [5.41, 5.74) is 0.688. The zero-order valence-electron chi connectivity index (χ0n) is 7.07. The second kappa shape index (κ2) is 3.21. The minimum Gasteiger partial charge on any atom is -0.420 e. The number of carbonyl (C=O) groups is 1. The van der Waals surface area contributed by atoms with Gasteiger partial charge in [0.2, 0.25) is 0 Å². The number of rotatable bonds is 2. The van der Waals surface area contributed by atoms with Gasteiger partial charge in [-0.2, -0.15) is 5.10 Å². The van der Waals surface area contributed by atoms with E-state index in [1.54, 1.807) is 24.9 Å². The number of esters is 1. The topological polar surface area (TPSA) is 44.1 Å². The second-order valence-electron chi connectivity index (χ2n) is 2.38. The van der Waals surface area contributed by atoms with Crippen LogP contribution < -0.4 is 4.74 Å². The third-order valence-electron chi connectivity index (χ3n) is 1.35. The van der Waals surface area contributed by atoms with Gasteiger partial charge in [-0.25, -0.2) is 4.79 Å². The lowest BCUT2D eigenvalue weighted by Crippen LogP contribution is -2.03. The molecule has 0 atom stereocenters. The van der Waals surface area contributed by atoms with E-state index in [0.29, 0.717) is 11.4 Å². The van der Waals surface area contributed by atoms with Crippen molar-refractivity contribution in [3.05, 3.63) is 24.5 Å². The van der Waals surface area contributed by atoms with Gasteiger partial charge in [0.25, 0.3) is 0 Å². The predicted octanol–water partition coefficient (Wildman–Crippen LogP) is 0.820. The van der Waals surface area contributed by atoms with Crippen LogP contribution in [-0.2, 0) is 11.8 Å². The van der Waals surface area contributed by atoms with Crippen LogP contribution in [0.1, 0.15) is 5.69 Å². The summed E-state index contributed by atoms with van der Waals surface area (Å²) in [6.07, 6.45) is 2.75. The van der Waals surface area contributed by atoms with Crippen LogP contribution in [0, 0.1) is 6.92 Å². The summed E-state index contributed by atoms with van der Waals surface area (Å²) >= 11 is 0. The number of ether oxygens (including phenoxy) is 1. The normalized spacial score (nSPS) is 9.50. The van der Waals surface area contributed by atoms with Gasteiger partial charge < -0.3 is 4.74 Å². The molecule has 0 amide bonds. The highest BCUT2D eigenvalue weighted by Gasteiger charge is 2.06. The maximum absolute atomic E-state index is 10.8. The SMILES string of the molecule is C=CC(=O)Oc1cn(C)nc1C. The molecule has 0 saturated heterocycles. The molecule has 0 aliphatic carbocycles. The quantitative estimate of drug-likeness (QED) is 0.482. The molecule has 1 heterocycles. The Morgan fingerprint density at radius 3 is 2.92 bits per heavy atom. The Labute approximate surface area is 70.4 Å². The lowest BCUT2D eigenvalue weighted by Gasteiger charge is -1.95. The van der Waals surface area contributed by atoms with E-state index in [0.717, 1.165) is 6.08 Å². The Morgan fingerprint density at radius 2 is 2.50 bits per heavy atom. The molecule has 4 nitrogen and oxygen atoms in total. The fourth-order valence-corrected chi connectivity index (χ4v) is 0.828. The van der Waals surface area contributed by atoms with Crippen LogP contribution in [0.5, 0.6) is 5.75 Å². The van der Waals surface area contributed by atoms with Crippen molar-refractivity contribution < 1.29 is 9.53 Å². The molecule has 4 heteroatoms. The Bertz CT molecular complexity index is 315. The number of aryl methyl sites for hydroxylation is 2. The van der Waals surface area contributed by atoms with Gasteiger partial charge >= 0.3 is 5.97 Å². The van der Waals surface area contributed by atoms with E-state index in [2.05, 4.69) is 11.7 Å². The van der Waals surface area contributed by atoms with Crippen LogP contribution in [0.3, 0.4) is 0 Å². The first kappa shape index (κ1) is 8.52. The lowest BCUT2D eigenvalue weighted by molar-refractivity contribution is -0.129. The number of hydrogen-bond acceptors (Lipinski definition) is 3. The minimum absolute atomic E-state index is 0.467. The Balaban J connectivity index is 2.81. The lowest BCUT2D eigenvalue weighted by atomic mass is 10.4. The highest BCUT2D eigenvalue weighted by molar-refractivity contribution is 5.83. The van der Waals surface area contributed by atoms with Gasteiger partial charge in [0.15, 0.2) is 5.75 Å². The maximum atomic E-state index is 10.8. The first-order chi connectivity index (χ1) is 5.63. The summed E-state index contributed by atoms with van der Waals surface area (Å²) < 4.78 is 6.46. The van der Waals surface area contributed by atoms with E-state index in [1.165, 1.54) is 0 Å². The van der Waals surface area contributed by atoms with Gasteiger partial charge in [-0.3, -0.25) is 4.68 Å². The number of nitrogens with zero attached hydrogens (tertiary/aromatic N) is 2. The fraction of sp³-hybridized carbons (Fsp3) is 0.250. The van der Waals surface area contributed by atoms with E-state index in [1.807, 2.05) is 0 Å². The van der Waals surface area contributed by atoms with Gasteiger partial charge in [0.1, 0.15) is 5.69 Å². The van der Waals surface area contributed by atoms with E-state index in [4.69, 9.17) is 4.74 Å². The van der Waals surface area contributed by atoms with Crippen molar-refractivity contribution in [2.75, 3.05) is 0 Å². The van der Waals surface area contributed by atoms with Crippen molar-refractivity contribution in [2.24, 2.45) is 7.05 Å². The first-order valence-electron chi connectivity index (χ1n) is 3.48. The van der Waals surface area contributed by atoms with Crippen LogP contribution in [0.2, 0.25) is 0 Å². The highest BCUT2D eigenvalue weighted by Crippen LogP contribution is 2.14. The molecule has 0 N–H and O–H groups in total. The average Bonchev–Trinajstić information content (AvgIpc) is 2.30. The van der Waals surface area contributed by atoms with Crippen LogP contribution in [0.15, 0.2) is 18.9 Å². The van der Waals surface area contributed by atoms with E-state index >= 15 is 0 Å². The van der Waals surface area contributed by atoms with Gasteiger partial charge in [0, 0.05) is 13.1 Å². The van der Waals surface area contributed by atoms with Crippen LogP contribution in [-0.4, -0.2) is 15.7 Å². The molecule has 0 radical (unpaired) electrons. The van der Waals surface area contributed by atoms with Gasteiger partial charge in [0.05, 0.1) is 6.20 Å². The Hall–Kier alpha value is -1.58. The smallest absolute Gasteiger partial charge is 0.335 e.